The van der Waals surface area contributed by atoms with Gasteiger partial charge in [-0.2, -0.15) is 0 Å². The molecule has 0 aliphatic carbocycles. The molecule has 0 aliphatic rings. The minimum absolute atomic E-state index is 0.121. The third kappa shape index (κ3) is 1.94. The molecule has 2 aromatic rings. The molecule has 17 heavy (non-hydrogen) atoms. The fourth-order valence-electron chi connectivity index (χ4n) is 1.68. The number of carbonyl (C=O) groups is 1. The zero-order chi connectivity index (χ0) is 12.4. The second kappa shape index (κ2) is 4.21. The van der Waals surface area contributed by atoms with Crippen molar-refractivity contribution < 1.29 is 14.5 Å². The summed E-state index contributed by atoms with van der Waals surface area (Å²) in [6.45, 7) is 0. The van der Waals surface area contributed by atoms with E-state index in [2.05, 4.69) is 4.74 Å². The maximum absolute atomic E-state index is 11.6. The van der Waals surface area contributed by atoms with Crippen LogP contribution in [0.4, 0.5) is 5.69 Å². The van der Waals surface area contributed by atoms with E-state index in [9.17, 15) is 14.9 Å². The lowest BCUT2D eigenvalue weighted by Gasteiger charge is -2.04. The van der Waals surface area contributed by atoms with E-state index in [-0.39, 0.29) is 11.3 Å². The number of rotatable bonds is 2. The fraction of sp³-hybridized carbons (Fsp3) is 0.0833. The maximum Gasteiger partial charge on any atom is 0.338 e. The molecule has 0 aliphatic heterocycles. The Balaban J connectivity index is 2.78. The molecular weight excluding hydrogens is 222 g/mol. The molecule has 5 nitrogen and oxygen atoms in total. The highest BCUT2D eigenvalue weighted by Gasteiger charge is 2.16. The number of hydrogen-bond acceptors (Lipinski definition) is 4. The Labute approximate surface area is 96.8 Å². The Morgan fingerprint density at radius 2 is 2.00 bits per heavy atom. The number of carbonyl (C=O) groups excluding carboxylic acids is 1. The third-order valence-corrected chi connectivity index (χ3v) is 2.46. The monoisotopic (exact) mass is 231 g/mol. The van der Waals surface area contributed by atoms with Crippen molar-refractivity contribution in [3.05, 3.63) is 52.1 Å². The van der Waals surface area contributed by atoms with Crippen LogP contribution in [0.3, 0.4) is 0 Å². The van der Waals surface area contributed by atoms with Gasteiger partial charge in [0.25, 0.3) is 5.69 Å². The summed E-state index contributed by atoms with van der Waals surface area (Å²) in [5.41, 5.74) is 0.0846. The van der Waals surface area contributed by atoms with E-state index in [1.54, 1.807) is 24.3 Å². The minimum Gasteiger partial charge on any atom is -0.465 e. The number of esters is 1. The minimum atomic E-state index is -0.579. The van der Waals surface area contributed by atoms with Gasteiger partial charge in [-0.25, -0.2) is 4.79 Å². The quantitative estimate of drug-likeness (QED) is 0.452. The number of non-ortho nitro benzene ring substituents is 1. The number of benzene rings is 2. The van der Waals surface area contributed by atoms with Crippen LogP contribution in [0.25, 0.3) is 10.8 Å². The lowest BCUT2D eigenvalue weighted by atomic mass is 10.0. The molecule has 0 atom stereocenters. The first kappa shape index (κ1) is 11.1. The van der Waals surface area contributed by atoms with Crippen LogP contribution in [0.2, 0.25) is 0 Å². The van der Waals surface area contributed by atoms with Crippen molar-refractivity contribution in [3.63, 3.8) is 0 Å². The average molecular weight is 231 g/mol. The lowest BCUT2D eigenvalue weighted by molar-refractivity contribution is -0.384. The van der Waals surface area contributed by atoms with Crippen molar-refractivity contribution in [2.75, 3.05) is 7.11 Å². The molecular formula is C12H9NO4. The summed E-state index contributed by atoms with van der Waals surface area (Å²) < 4.78 is 4.62. The molecule has 0 bridgehead atoms. The molecule has 0 saturated heterocycles. The van der Waals surface area contributed by atoms with Crippen LogP contribution in [0.5, 0.6) is 0 Å². The number of nitro benzene ring substituents is 1. The molecule has 5 heteroatoms. The Kier molecular flexibility index (Phi) is 2.74. The Morgan fingerprint density at radius 3 is 2.65 bits per heavy atom. The summed E-state index contributed by atoms with van der Waals surface area (Å²) in [5, 5.41) is 12.0. The number of fused-ring (bicyclic) bond motifs is 1. The van der Waals surface area contributed by atoms with E-state index >= 15 is 0 Å². The van der Waals surface area contributed by atoms with Gasteiger partial charge in [0.05, 0.1) is 17.6 Å². The number of ether oxygens (including phenoxy) is 1. The highest BCUT2D eigenvalue weighted by molar-refractivity contribution is 6.05. The van der Waals surface area contributed by atoms with Crippen LogP contribution in [0.15, 0.2) is 36.4 Å². The summed E-state index contributed by atoms with van der Waals surface area (Å²) in [6.07, 6.45) is 0. The van der Waals surface area contributed by atoms with Crippen molar-refractivity contribution in [2.24, 2.45) is 0 Å². The predicted molar refractivity (Wildman–Crippen MR) is 61.9 cm³/mol. The van der Waals surface area contributed by atoms with Crippen LogP contribution >= 0.6 is 0 Å². The molecule has 0 aromatic heterocycles. The standard InChI is InChI=1S/C12H9NO4/c1-17-12(14)11-7-9(13(15)16)6-8-4-2-3-5-10(8)11/h2-7H,1H3. The fourth-order valence-corrected chi connectivity index (χ4v) is 1.68. The van der Waals surface area contributed by atoms with Crippen molar-refractivity contribution >= 4 is 22.4 Å². The van der Waals surface area contributed by atoms with Gasteiger partial charge in [0, 0.05) is 12.1 Å². The Bertz CT molecular complexity index is 606. The molecule has 86 valence electrons. The first-order chi connectivity index (χ1) is 8.13. The average Bonchev–Trinajstić information content (AvgIpc) is 2.36. The number of nitrogens with zero attached hydrogens (tertiary/aromatic N) is 1. The summed E-state index contributed by atoms with van der Waals surface area (Å²) in [4.78, 5) is 21.8. The number of nitro groups is 1. The first-order valence-corrected chi connectivity index (χ1v) is 4.89. The van der Waals surface area contributed by atoms with Crippen molar-refractivity contribution in [3.8, 4) is 0 Å². The zero-order valence-corrected chi connectivity index (χ0v) is 9.04. The topological polar surface area (TPSA) is 69.4 Å². The van der Waals surface area contributed by atoms with Crippen LogP contribution in [-0.2, 0) is 4.74 Å². The Morgan fingerprint density at radius 1 is 1.29 bits per heavy atom. The van der Waals surface area contributed by atoms with E-state index in [4.69, 9.17) is 0 Å². The Hall–Kier alpha value is -2.43. The van der Waals surface area contributed by atoms with Crippen molar-refractivity contribution in [2.45, 2.75) is 0 Å². The van der Waals surface area contributed by atoms with Crippen molar-refractivity contribution in [1.29, 1.82) is 0 Å². The van der Waals surface area contributed by atoms with Crippen LogP contribution in [0.1, 0.15) is 10.4 Å². The molecule has 0 unspecified atom stereocenters. The second-order valence-electron chi connectivity index (χ2n) is 3.46. The van der Waals surface area contributed by atoms with E-state index < -0.39 is 10.9 Å². The zero-order valence-electron chi connectivity index (χ0n) is 9.04. The molecule has 2 rings (SSSR count). The van der Waals surface area contributed by atoms with Gasteiger partial charge in [-0.1, -0.05) is 24.3 Å². The number of methoxy groups -OCH3 is 1. The van der Waals surface area contributed by atoms with Crippen LogP contribution < -0.4 is 0 Å². The highest BCUT2D eigenvalue weighted by atomic mass is 16.6. The second-order valence-corrected chi connectivity index (χ2v) is 3.46. The maximum atomic E-state index is 11.6. The third-order valence-electron chi connectivity index (χ3n) is 2.46. The molecule has 0 fully saturated rings. The summed E-state index contributed by atoms with van der Waals surface area (Å²) in [5.74, 6) is -0.579. The van der Waals surface area contributed by atoms with E-state index in [0.29, 0.717) is 10.8 Å². The smallest absolute Gasteiger partial charge is 0.338 e. The van der Waals surface area contributed by atoms with Gasteiger partial charge in [0.1, 0.15) is 0 Å². The molecule has 0 saturated carbocycles. The van der Waals surface area contributed by atoms with Gasteiger partial charge >= 0.3 is 5.97 Å². The molecule has 0 radical (unpaired) electrons. The summed E-state index contributed by atoms with van der Waals surface area (Å²) in [7, 11) is 1.25. The normalized spacial score (nSPS) is 10.2. The molecule has 2 aromatic carbocycles. The van der Waals surface area contributed by atoms with E-state index in [0.717, 1.165) is 0 Å². The largest absolute Gasteiger partial charge is 0.465 e. The lowest BCUT2D eigenvalue weighted by Crippen LogP contribution is -2.03. The van der Waals surface area contributed by atoms with Gasteiger partial charge in [-0.15, -0.1) is 0 Å². The van der Waals surface area contributed by atoms with Crippen molar-refractivity contribution in [1.82, 2.24) is 0 Å². The van der Waals surface area contributed by atoms with Crippen LogP contribution in [-0.4, -0.2) is 18.0 Å². The predicted octanol–water partition coefficient (Wildman–Crippen LogP) is 2.53. The SMILES string of the molecule is COC(=O)c1cc([N+](=O)[O-])cc2ccccc12. The van der Waals surface area contributed by atoms with Gasteiger partial charge in [0.15, 0.2) is 0 Å². The van der Waals surface area contributed by atoms with Gasteiger partial charge in [0.2, 0.25) is 0 Å². The van der Waals surface area contributed by atoms with Gasteiger partial charge in [-0.3, -0.25) is 10.1 Å². The first-order valence-electron chi connectivity index (χ1n) is 4.89. The van der Waals surface area contributed by atoms with E-state index in [1.807, 2.05) is 0 Å². The van der Waals surface area contributed by atoms with E-state index in [1.165, 1.54) is 19.2 Å². The number of hydrogen-bond donors (Lipinski definition) is 0. The summed E-state index contributed by atoms with van der Waals surface area (Å²) >= 11 is 0. The molecule has 0 N–H and O–H groups in total. The highest BCUT2D eigenvalue weighted by Crippen LogP contribution is 2.25. The summed E-state index contributed by atoms with van der Waals surface area (Å²) in [6, 6.07) is 9.63. The van der Waals surface area contributed by atoms with Crippen LogP contribution in [0, 0.1) is 10.1 Å². The molecule has 0 heterocycles. The van der Waals surface area contributed by atoms with Gasteiger partial charge in [-0.05, 0) is 10.8 Å². The molecule has 0 spiro atoms. The van der Waals surface area contributed by atoms with Gasteiger partial charge < -0.3 is 4.74 Å². The molecule has 0 amide bonds.